The van der Waals surface area contributed by atoms with Gasteiger partial charge >= 0.3 is 0 Å². The highest BCUT2D eigenvalue weighted by molar-refractivity contribution is 9.09. The lowest BCUT2D eigenvalue weighted by Crippen LogP contribution is -2.33. The second-order valence-corrected chi connectivity index (χ2v) is 7.75. The van der Waals surface area contributed by atoms with Crippen molar-refractivity contribution >= 4 is 21.7 Å². The van der Waals surface area contributed by atoms with Crippen LogP contribution < -0.4 is 0 Å². The molecule has 2 aromatic rings. The monoisotopic (exact) mass is 399 g/mol. The molecule has 0 amide bonds. The summed E-state index contributed by atoms with van der Waals surface area (Å²) in [4.78, 5) is 14.8. The van der Waals surface area contributed by atoms with Gasteiger partial charge in [0.05, 0.1) is 5.33 Å². The molecule has 0 bridgehead atoms. The van der Waals surface area contributed by atoms with E-state index in [9.17, 15) is 4.79 Å². The summed E-state index contributed by atoms with van der Waals surface area (Å²) >= 11 is 3.35. The Morgan fingerprint density at radius 3 is 1.96 bits per heavy atom. The van der Waals surface area contributed by atoms with Crippen molar-refractivity contribution in [1.29, 1.82) is 0 Å². The van der Waals surface area contributed by atoms with Crippen LogP contribution in [0.25, 0.3) is 0 Å². The molecule has 3 rings (SSSR count). The maximum Gasteiger partial charge on any atom is 0.146 e. The SMILES string of the molecule is CC1CC(N(Cc2ccccc2)Cc2ccccc2)C[C@H]1C(=O)CBr. The molecule has 3 heteroatoms. The van der Waals surface area contributed by atoms with E-state index in [-0.39, 0.29) is 5.92 Å². The summed E-state index contributed by atoms with van der Waals surface area (Å²) in [6.07, 6.45) is 2.08. The van der Waals surface area contributed by atoms with E-state index in [2.05, 4.69) is 88.4 Å². The number of carbonyl (C=O) groups excluding carboxylic acids is 1. The number of carbonyl (C=O) groups is 1. The van der Waals surface area contributed by atoms with Crippen molar-refractivity contribution in [2.45, 2.75) is 38.9 Å². The molecule has 1 fully saturated rings. The molecule has 0 spiro atoms. The van der Waals surface area contributed by atoms with Crippen molar-refractivity contribution in [3.8, 4) is 0 Å². The highest BCUT2D eigenvalue weighted by Gasteiger charge is 2.37. The standard InChI is InChI=1S/C22H26BrNO/c1-17-12-20(13-21(17)22(25)14-23)24(15-18-8-4-2-5-9-18)16-19-10-6-3-7-11-19/h2-11,17,20-21H,12-16H2,1H3/t17?,20?,21-/m1/s1. The van der Waals surface area contributed by atoms with Crippen LogP contribution in [0.5, 0.6) is 0 Å². The number of hydrogen-bond acceptors (Lipinski definition) is 2. The van der Waals surface area contributed by atoms with E-state index in [1.807, 2.05) is 0 Å². The number of hydrogen-bond donors (Lipinski definition) is 0. The Bertz CT molecular complexity index is 631. The second kappa shape index (κ2) is 8.77. The number of Topliss-reactive ketones (excluding diaryl/α,β-unsaturated/α-hetero) is 1. The molecule has 3 atom stereocenters. The van der Waals surface area contributed by atoms with Crippen LogP contribution >= 0.6 is 15.9 Å². The largest absolute Gasteiger partial charge is 0.298 e. The fourth-order valence-electron chi connectivity index (χ4n) is 4.01. The Morgan fingerprint density at radius 1 is 0.960 bits per heavy atom. The van der Waals surface area contributed by atoms with E-state index >= 15 is 0 Å². The van der Waals surface area contributed by atoms with Gasteiger partial charge in [0.25, 0.3) is 0 Å². The van der Waals surface area contributed by atoms with E-state index in [1.165, 1.54) is 11.1 Å². The Labute approximate surface area is 159 Å². The van der Waals surface area contributed by atoms with Crippen LogP contribution in [-0.4, -0.2) is 22.1 Å². The van der Waals surface area contributed by atoms with E-state index in [0.29, 0.717) is 23.1 Å². The van der Waals surface area contributed by atoms with Gasteiger partial charge in [-0.1, -0.05) is 83.5 Å². The van der Waals surface area contributed by atoms with Gasteiger partial charge in [0.15, 0.2) is 0 Å². The van der Waals surface area contributed by atoms with Gasteiger partial charge in [-0.25, -0.2) is 0 Å². The molecule has 0 aromatic heterocycles. The molecule has 132 valence electrons. The molecule has 1 aliphatic carbocycles. The Balaban J connectivity index is 1.77. The van der Waals surface area contributed by atoms with Crippen LogP contribution in [0, 0.1) is 11.8 Å². The molecule has 2 unspecified atom stereocenters. The topological polar surface area (TPSA) is 20.3 Å². The average molecular weight is 400 g/mol. The molecule has 0 N–H and O–H groups in total. The maximum atomic E-state index is 12.2. The van der Waals surface area contributed by atoms with Gasteiger partial charge in [0.2, 0.25) is 0 Å². The molecule has 0 heterocycles. The van der Waals surface area contributed by atoms with Crippen molar-refractivity contribution in [2.24, 2.45) is 11.8 Å². The van der Waals surface area contributed by atoms with E-state index in [4.69, 9.17) is 0 Å². The van der Waals surface area contributed by atoms with E-state index < -0.39 is 0 Å². The zero-order valence-electron chi connectivity index (χ0n) is 14.8. The first-order chi connectivity index (χ1) is 12.2. The van der Waals surface area contributed by atoms with Gasteiger partial charge in [0.1, 0.15) is 5.78 Å². The Morgan fingerprint density at radius 2 is 1.48 bits per heavy atom. The Hall–Kier alpha value is -1.45. The second-order valence-electron chi connectivity index (χ2n) is 7.19. The summed E-state index contributed by atoms with van der Waals surface area (Å²) in [6, 6.07) is 21.8. The van der Waals surface area contributed by atoms with Gasteiger partial charge in [-0.05, 0) is 29.9 Å². The van der Waals surface area contributed by atoms with Gasteiger partial charge in [0, 0.05) is 25.0 Å². The van der Waals surface area contributed by atoms with Gasteiger partial charge in [-0.2, -0.15) is 0 Å². The van der Waals surface area contributed by atoms with Gasteiger partial charge in [-0.15, -0.1) is 0 Å². The lowest BCUT2D eigenvalue weighted by molar-refractivity contribution is -0.121. The number of nitrogens with zero attached hydrogens (tertiary/aromatic N) is 1. The minimum Gasteiger partial charge on any atom is -0.298 e. The molecule has 1 saturated carbocycles. The molecule has 0 aliphatic heterocycles. The minimum absolute atomic E-state index is 0.193. The third-order valence-corrected chi connectivity index (χ3v) is 5.93. The highest BCUT2D eigenvalue weighted by Crippen LogP contribution is 2.36. The summed E-state index contributed by atoms with van der Waals surface area (Å²) in [5, 5.41) is 0.478. The zero-order valence-corrected chi connectivity index (χ0v) is 16.4. The molecule has 2 nitrogen and oxygen atoms in total. The van der Waals surface area contributed by atoms with Gasteiger partial charge in [-0.3, -0.25) is 9.69 Å². The van der Waals surface area contributed by atoms with Crippen LogP contribution in [-0.2, 0) is 17.9 Å². The first kappa shape index (κ1) is 18.3. The Kier molecular flexibility index (Phi) is 6.44. The molecular weight excluding hydrogens is 374 g/mol. The van der Waals surface area contributed by atoms with Crippen molar-refractivity contribution in [3.63, 3.8) is 0 Å². The van der Waals surface area contributed by atoms with Crippen molar-refractivity contribution < 1.29 is 4.79 Å². The smallest absolute Gasteiger partial charge is 0.146 e. The van der Waals surface area contributed by atoms with E-state index in [1.54, 1.807) is 0 Å². The third kappa shape index (κ3) is 4.80. The van der Waals surface area contributed by atoms with Crippen molar-refractivity contribution in [1.82, 2.24) is 4.90 Å². The minimum atomic E-state index is 0.193. The van der Waals surface area contributed by atoms with Crippen LogP contribution in [0.2, 0.25) is 0 Å². The van der Waals surface area contributed by atoms with Crippen molar-refractivity contribution in [3.05, 3.63) is 71.8 Å². The molecule has 25 heavy (non-hydrogen) atoms. The molecule has 2 aromatic carbocycles. The van der Waals surface area contributed by atoms with Crippen LogP contribution in [0.15, 0.2) is 60.7 Å². The molecule has 0 radical (unpaired) electrons. The van der Waals surface area contributed by atoms with Crippen molar-refractivity contribution in [2.75, 3.05) is 5.33 Å². The fourth-order valence-corrected chi connectivity index (χ4v) is 4.43. The summed E-state index contributed by atoms with van der Waals surface area (Å²) in [5.41, 5.74) is 2.67. The van der Waals surface area contributed by atoms with Crippen LogP contribution in [0.4, 0.5) is 0 Å². The summed E-state index contributed by atoms with van der Waals surface area (Å²) in [5.74, 6) is 1.01. The number of ketones is 1. The lowest BCUT2D eigenvalue weighted by Gasteiger charge is -2.29. The first-order valence-corrected chi connectivity index (χ1v) is 10.2. The summed E-state index contributed by atoms with van der Waals surface area (Å²) in [7, 11) is 0. The zero-order chi connectivity index (χ0) is 17.6. The quantitative estimate of drug-likeness (QED) is 0.605. The highest BCUT2D eigenvalue weighted by atomic mass is 79.9. The predicted octanol–water partition coefficient (Wildman–Crippen LogP) is 5.07. The maximum absolute atomic E-state index is 12.2. The number of halogens is 1. The first-order valence-electron chi connectivity index (χ1n) is 9.08. The number of benzene rings is 2. The number of rotatable bonds is 7. The predicted molar refractivity (Wildman–Crippen MR) is 107 cm³/mol. The normalized spacial score (nSPS) is 23.1. The molecular formula is C22H26BrNO. The lowest BCUT2D eigenvalue weighted by atomic mass is 9.95. The molecule has 1 aliphatic rings. The number of alkyl halides is 1. The molecule has 0 saturated heterocycles. The summed E-state index contributed by atoms with van der Waals surface area (Å²) in [6.45, 7) is 4.10. The van der Waals surface area contributed by atoms with Crippen LogP contribution in [0.3, 0.4) is 0 Å². The average Bonchev–Trinajstić information content (AvgIpc) is 3.04. The summed E-state index contributed by atoms with van der Waals surface area (Å²) < 4.78 is 0. The van der Waals surface area contributed by atoms with E-state index in [0.717, 1.165) is 25.9 Å². The van der Waals surface area contributed by atoms with Crippen LogP contribution in [0.1, 0.15) is 30.9 Å². The third-order valence-electron chi connectivity index (χ3n) is 5.38. The fraction of sp³-hybridized carbons (Fsp3) is 0.409. The van der Waals surface area contributed by atoms with Gasteiger partial charge < -0.3 is 0 Å².